The van der Waals surface area contributed by atoms with E-state index in [9.17, 15) is 9.59 Å². The lowest BCUT2D eigenvalue weighted by Gasteiger charge is -2.12. The highest BCUT2D eigenvalue weighted by Crippen LogP contribution is 2.32. The van der Waals surface area contributed by atoms with Gasteiger partial charge in [-0.05, 0) is 79.6 Å². The first-order chi connectivity index (χ1) is 22.4. The number of ether oxygens (including phenoxy) is 1. The average molecular weight is 667 g/mol. The minimum absolute atomic E-state index is 0.0926. The highest BCUT2D eigenvalue weighted by atomic mass is 32.2. The molecular formula is C34H30N6O3S3. The molecule has 0 spiro atoms. The molecule has 0 unspecified atom stereocenters. The van der Waals surface area contributed by atoms with Crippen LogP contribution in [0.25, 0.3) is 15.9 Å². The second-order valence-corrected chi connectivity index (χ2v) is 13.5. The summed E-state index contributed by atoms with van der Waals surface area (Å²) in [5, 5.41) is 15.2. The molecule has 4 aromatic carbocycles. The zero-order valence-corrected chi connectivity index (χ0v) is 27.5. The van der Waals surface area contributed by atoms with Gasteiger partial charge in [-0.3, -0.25) is 14.2 Å². The molecule has 2 aromatic heterocycles. The SMILES string of the molecule is Cc1ccc(OCc2nnc(SCC(=O)Nc3ccc4nc(SCC(=O)Nc5ccccc5)sc4c3)n2-c2ccccc2)cc1C. The fourth-order valence-electron chi connectivity index (χ4n) is 4.49. The third-order valence-electron chi connectivity index (χ3n) is 6.93. The number of fused-ring (bicyclic) bond motifs is 1. The van der Waals surface area contributed by atoms with Crippen molar-refractivity contribution >= 4 is 68.3 Å². The van der Waals surface area contributed by atoms with Crippen LogP contribution in [0.2, 0.25) is 0 Å². The number of benzene rings is 4. The molecule has 0 saturated carbocycles. The zero-order valence-electron chi connectivity index (χ0n) is 25.1. The second kappa shape index (κ2) is 14.6. The molecule has 232 valence electrons. The number of nitrogens with one attached hydrogen (secondary N) is 2. The Balaban J connectivity index is 1.07. The summed E-state index contributed by atoms with van der Waals surface area (Å²) >= 11 is 4.17. The Morgan fingerprint density at radius 3 is 2.26 bits per heavy atom. The Hall–Kier alpha value is -4.65. The molecule has 9 nitrogen and oxygen atoms in total. The van der Waals surface area contributed by atoms with Crippen LogP contribution in [0.1, 0.15) is 17.0 Å². The molecule has 2 amide bonds. The van der Waals surface area contributed by atoms with E-state index in [1.807, 2.05) is 102 Å². The van der Waals surface area contributed by atoms with E-state index in [1.165, 1.54) is 40.4 Å². The summed E-state index contributed by atoms with van der Waals surface area (Å²) in [5.74, 6) is 1.52. The molecule has 46 heavy (non-hydrogen) atoms. The first kappa shape index (κ1) is 31.3. The zero-order chi connectivity index (χ0) is 31.9. The van der Waals surface area contributed by atoms with Crippen molar-refractivity contribution in [2.75, 3.05) is 22.1 Å². The smallest absolute Gasteiger partial charge is 0.234 e. The van der Waals surface area contributed by atoms with Crippen molar-refractivity contribution < 1.29 is 14.3 Å². The number of para-hydroxylation sites is 2. The van der Waals surface area contributed by atoms with Gasteiger partial charge in [0.05, 0.1) is 21.7 Å². The second-order valence-electron chi connectivity index (χ2n) is 10.3. The van der Waals surface area contributed by atoms with Crippen LogP contribution >= 0.6 is 34.9 Å². The maximum atomic E-state index is 13.0. The first-order valence-electron chi connectivity index (χ1n) is 14.4. The van der Waals surface area contributed by atoms with Crippen LogP contribution in [0, 0.1) is 13.8 Å². The van der Waals surface area contributed by atoms with Gasteiger partial charge < -0.3 is 15.4 Å². The Bertz CT molecular complexity index is 1980. The predicted octanol–water partition coefficient (Wildman–Crippen LogP) is 7.53. The summed E-state index contributed by atoms with van der Waals surface area (Å²) in [4.78, 5) is 30.0. The maximum Gasteiger partial charge on any atom is 0.234 e. The van der Waals surface area contributed by atoms with Gasteiger partial charge in [0, 0.05) is 17.1 Å². The Morgan fingerprint density at radius 2 is 1.50 bits per heavy atom. The number of rotatable bonds is 12. The molecule has 0 aliphatic heterocycles. The van der Waals surface area contributed by atoms with Crippen molar-refractivity contribution in [3.8, 4) is 11.4 Å². The van der Waals surface area contributed by atoms with Crippen molar-refractivity contribution in [2.45, 2.75) is 30.0 Å². The highest BCUT2D eigenvalue weighted by Gasteiger charge is 2.17. The maximum absolute atomic E-state index is 13.0. The minimum Gasteiger partial charge on any atom is -0.486 e. The molecule has 0 radical (unpaired) electrons. The molecule has 6 rings (SSSR count). The average Bonchev–Trinajstić information content (AvgIpc) is 3.67. The standard InChI is InChI=1S/C34H30N6O3S3/c1-22-13-15-27(17-23(22)2)43-19-30-38-39-33(40(30)26-11-7-4-8-12-26)44-20-31(41)36-25-14-16-28-29(18-25)46-34(37-28)45-21-32(42)35-24-9-5-3-6-10-24/h3-18H,19-21H2,1-2H3,(H,35,42)(H,36,41). The van der Waals surface area contributed by atoms with Crippen LogP contribution in [0.3, 0.4) is 0 Å². The number of carbonyl (C=O) groups excluding carboxylic acids is 2. The molecule has 0 aliphatic rings. The van der Waals surface area contributed by atoms with E-state index in [1.54, 1.807) is 0 Å². The van der Waals surface area contributed by atoms with Gasteiger partial charge in [0.1, 0.15) is 12.4 Å². The van der Waals surface area contributed by atoms with Crippen LogP contribution in [-0.4, -0.2) is 43.1 Å². The van der Waals surface area contributed by atoms with Gasteiger partial charge in [-0.25, -0.2) is 4.98 Å². The molecule has 12 heteroatoms. The number of aryl methyl sites for hydroxylation is 2. The summed E-state index contributed by atoms with van der Waals surface area (Å²) in [6.45, 7) is 4.34. The van der Waals surface area contributed by atoms with E-state index in [4.69, 9.17) is 4.74 Å². The lowest BCUT2D eigenvalue weighted by Crippen LogP contribution is -2.14. The van der Waals surface area contributed by atoms with E-state index in [2.05, 4.69) is 39.7 Å². The van der Waals surface area contributed by atoms with Gasteiger partial charge in [0.2, 0.25) is 11.8 Å². The van der Waals surface area contributed by atoms with Gasteiger partial charge in [0.15, 0.2) is 15.3 Å². The van der Waals surface area contributed by atoms with E-state index in [0.29, 0.717) is 16.7 Å². The van der Waals surface area contributed by atoms with Crippen LogP contribution < -0.4 is 15.4 Å². The molecule has 0 atom stereocenters. The van der Waals surface area contributed by atoms with Gasteiger partial charge in [-0.2, -0.15) is 0 Å². The Labute approximate surface area is 278 Å². The largest absolute Gasteiger partial charge is 0.486 e. The van der Waals surface area contributed by atoms with E-state index in [0.717, 1.165) is 37.2 Å². The molecule has 0 fully saturated rings. The summed E-state index contributed by atoms with van der Waals surface area (Å²) in [7, 11) is 0. The van der Waals surface area contributed by atoms with Crippen molar-refractivity contribution in [1.82, 2.24) is 19.7 Å². The minimum atomic E-state index is -0.170. The van der Waals surface area contributed by atoms with E-state index < -0.39 is 0 Å². The quantitative estimate of drug-likeness (QED) is 0.129. The number of nitrogens with zero attached hydrogens (tertiary/aromatic N) is 4. The summed E-state index contributed by atoms with van der Waals surface area (Å²) in [6.07, 6.45) is 0. The molecule has 2 N–H and O–H groups in total. The fourth-order valence-corrected chi connectivity index (χ4v) is 7.17. The topological polar surface area (TPSA) is 111 Å². The molecule has 0 saturated heterocycles. The molecule has 6 aromatic rings. The van der Waals surface area contributed by atoms with Crippen molar-refractivity contribution in [1.29, 1.82) is 0 Å². The normalized spacial score (nSPS) is 11.0. The number of anilines is 2. The van der Waals surface area contributed by atoms with Crippen LogP contribution in [-0.2, 0) is 16.2 Å². The predicted molar refractivity (Wildman–Crippen MR) is 186 cm³/mol. The number of carbonyl (C=O) groups is 2. The van der Waals surface area contributed by atoms with Gasteiger partial charge in [0.25, 0.3) is 0 Å². The van der Waals surface area contributed by atoms with Crippen molar-refractivity contribution in [3.05, 3.63) is 114 Å². The fraction of sp³-hybridized carbons (Fsp3) is 0.147. The van der Waals surface area contributed by atoms with Crippen LogP contribution in [0.5, 0.6) is 5.75 Å². The number of aromatic nitrogens is 4. The third-order valence-corrected chi connectivity index (χ3v) is 10.0. The van der Waals surface area contributed by atoms with Gasteiger partial charge in [-0.1, -0.05) is 66.0 Å². The lowest BCUT2D eigenvalue weighted by molar-refractivity contribution is -0.114. The van der Waals surface area contributed by atoms with Crippen molar-refractivity contribution in [3.63, 3.8) is 0 Å². The third kappa shape index (κ3) is 7.94. The first-order valence-corrected chi connectivity index (χ1v) is 17.2. The number of hydrogen-bond donors (Lipinski definition) is 2. The van der Waals surface area contributed by atoms with Crippen LogP contribution in [0.15, 0.2) is 107 Å². The molecule has 0 bridgehead atoms. The number of thioether (sulfide) groups is 2. The summed E-state index contributed by atoms with van der Waals surface area (Å²) in [5.41, 5.74) is 5.49. The van der Waals surface area contributed by atoms with Gasteiger partial charge >= 0.3 is 0 Å². The number of amides is 2. The Kier molecular flexibility index (Phi) is 9.97. The molecular weight excluding hydrogens is 637 g/mol. The number of thiazole rings is 1. The Morgan fingerprint density at radius 1 is 0.783 bits per heavy atom. The van der Waals surface area contributed by atoms with Crippen molar-refractivity contribution in [2.24, 2.45) is 0 Å². The summed E-state index contributed by atoms with van der Waals surface area (Å²) in [6, 6.07) is 30.7. The van der Waals surface area contributed by atoms with Crippen LogP contribution in [0.4, 0.5) is 11.4 Å². The van der Waals surface area contributed by atoms with E-state index in [-0.39, 0.29) is 29.9 Å². The number of hydrogen-bond acceptors (Lipinski definition) is 9. The summed E-state index contributed by atoms with van der Waals surface area (Å²) < 4.78 is 9.69. The monoisotopic (exact) mass is 666 g/mol. The molecule has 0 aliphatic carbocycles. The lowest BCUT2D eigenvalue weighted by atomic mass is 10.1. The van der Waals surface area contributed by atoms with E-state index >= 15 is 0 Å². The highest BCUT2D eigenvalue weighted by molar-refractivity contribution is 8.01. The van der Waals surface area contributed by atoms with Gasteiger partial charge in [-0.15, -0.1) is 21.5 Å². The molecule has 2 heterocycles.